The Labute approximate surface area is 87.4 Å². The molecule has 1 aromatic carbocycles. The van der Waals surface area contributed by atoms with Crippen LogP contribution in [-0.2, 0) is 4.74 Å². The lowest BCUT2D eigenvalue weighted by Crippen LogP contribution is -2.21. The highest BCUT2D eigenvalue weighted by Crippen LogP contribution is 2.08. The first-order valence-electron chi connectivity index (χ1n) is 4.79. The zero-order valence-electron chi connectivity index (χ0n) is 8.13. The number of rotatable bonds is 2. The van der Waals surface area contributed by atoms with Gasteiger partial charge in [0.05, 0.1) is 12.0 Å². The van der Waals surface area contributed by atoms with Crippen LogP contribution in [0.4, 0.5) is 0 Å². The summed E-state index contributed by atoms with van der Waals surface area (Å²) in [4.78, 5) is 11.6. The molecular formula is C11H11NO3. The number of hydrogen-bond donors (Lipinski definition) is 0. The average Bonchev–Trinajstić information content (AvgIpc) is 2.65. The van der Waals surface area contributed by atoms with Gasteiger partial charge >= 0.3 is 5.97 Å². The summed E-state index contributed by atoms with van der Waals surface area (Å²) in [6.45, 7) is 0.235. The molecule has 0 saturated heterocycles. The van der Waals surface area contributed by atoms with Crippen LogP contribution in [0.3, 0.4) is 0 Å². The molecule has 0 N–H and O–H groups in total. The number of hydrogen-bond acceptors (Lipinski definition) is 3. The van der Waals surface area contributed by atoms with Crippen LogP contribution in [0.1, 0.15) is 16.8 Å². The van der Waals surface area contributed by atoms with Crippen LogP contribution in [0.25, 0.3) is 0 Å². The lowest BCUT2D eigenvalue weighted by Gasteiger charge is -2.09. The van der Waals surface area contributed by atoms with Crippen molar-refractivity contribution < 1.29 is 14.3 Å². The van der Waals surface area contributed by atoms with Gasteiger partial charge in [-0.1, -0.05) is 18.2 Å². The summed E-state index contributed by atoms with van der Waals surface area (Å²) in [5, 5.41) is 10.8. The highest BCUT2D eigenvalue weighted by molar-refractivity contribution is 5.89. The third-order valence-corrected chi connectivity index (χ3v) is 2.24. The third-order valence-electron chi connectivity index (χ3n) is 2.24. The number of carbonyl (C=O) groups excluding carboxylic acids is 1. The van der Waals surface area contributed by atoms with Gasteiger partial charge in [-0.3, -0.25) is 0 Å². The molecule has 15 heavy (non-hydrogen) atoms. The highest BCUT2D eigenvalue weighted by atomic mass is 16.6. The highest BCUT2D eigenvalue weighted by Gasteiger charge is 2.23. The van der Waals surface area contributed by atoms with Crippen LogP contribution >= 0.6 is 0 Å². The first-order valence-corrected chi connectivity index (χ1v) is 4.79. The number of carbonyl (C=O) groups is 1. The molecule has 78 valence electrons. The minimum absolute atomic E-state index is 0.235. The summed E-state index contributed by atoms with van der Waals surface area (Å²) in [5.41, 5.74) is 0.516. The molecule has 1 atom stereocenters. The van der Waals surface area contributed by atoms with Crippen molar-refractivity contribution >= 4 is 12.2 Å². The SMILES string of the molecule is O=C(O[C@@H]1CC=[N+]([O-])C1)c1ccccc1. The van der Waals surface area contributed by atoms with Crippen LogP contribution in [0.5, 0.6) is 0 Å². The van der Waals surface area contributed by atoms with Gasteiger partial charge in [0.2, 0.25) is 0 Å². The van der Waals surface area contributed by atoms with Gasteiger partial charge in [0.1, 0.15) is 0 Å². The Hall–Kier alpha value is -1.84. The predicted molar refractivity (Wildman–Crippen MR) is 54.8 cm³/mol. The Bertz CT molecular complexity index is 386. The standard InChI is InChI=1S/C11H11NO3/c13-11(9-4-2-1-3-5-9)15-10-6-7-12(14)8-10/h1-5,7,10H,6,8H2/t10-/m1/s1. The molecule has 0 spiro atoms. The largest absolute Gasteiger partial charge is 0.624 e. The minimum Gasteiger partial charge on any atom is -0.624 e. The van der Waals surface area contributed by atoms with Crippen molar-refractivity contribution in [3.05, 3.63) is 41.1 Å². The number of benzene rings is 1. The van der Waals surface area contributed by atoms with E-state index in [2.05, 4.69) is 0 Å². The van der Waals surface area contributed by atoms with Gasteiger partial charge in [0.25, 0.3) is 0 Å². The van der Waals surface area contributed by atoms with Gasteiger partial charge in [-0.25, -0.2) is 9.53 Å². The van der Waals surface area contributed by atoms with E-state index in [9.17, 15) is 10.0 Å². The second-order valence-electron chi connectivity index (χ2n) is 3.41. The molecule has 0 fully saturated rings. The van der Waals surface area contributed by atoms with E-state index < -0.39 is 0 Å². The van der Waals surface area contributed by atoms with Crippen LogP contribution in [-0.4, -0.2) is 29.6 Å². The maximum absolute atomic E-state index is 11.6. The van der Waals surface area contributed by atoms with E-state index in [1.165, 1.54) is 6.21 Å². The first-order chi connectivity index (χ1) is 7.25. The molecule has 1 aromatic rings. The molecule has 0 saturated carbocycles. The van der Waals surface area contributed by atoms with Crippen LogP contribution in [0.15, 0.2) is 30.3 Å². The molecule has 1 heterocycles. The van der Waals surface area contributed by atoms with Crippen molar-refractivity contribution in [2.75, 3.05) is 6.54 Å². The molecule has 0 radical (unpaired) electrons. The fraction of sp³-hybridized carbons (Fsp3) is 0.273. The fourth-order valence-electron chi connectivity index (χ4n) is 1.46. The van der Waals surface area contributed by atoms with Gasteiger partial charge in [-0.05, 0) is 12.1 Å². The van der Waals surface area contributed by atoms with E-state index in [4.69, 9.17) is 4.74 Å². The molecule has 4 heteroatoms. The number of nitrogens with zero attached hydrogens (tertiary/aromatic N) is 1. The molecule has 0 unspecified atom stereocenters. The van der Waals surface area contributed by atoms with Crippen LogP contribution < -0.4 is 0 Å². The van der Waals surface area contributed by atoms with E-state index in [-0.39, 0.29) is 18.6 Å². The summed E-state index contributed by atoms with van der Waals surface area (Å²) in [6, 6.07) is 8.76. The second-order valence-corrected chi connectivity index (χ2v) is 3.41. The van der Waals surface area contributed by atoms with Gasteiger partial charge in [0.15, 0.2) is 18.9 Å². The zero-order chi connectivity index (χ0) is 10.7. The predicted octanol–water partition coefficient (Wildman–Crippen LogP) is 1.20. The maximum atomic E-state index is 11.6. The summed E-state index contributed by atoms with van der Waals surface area (Å²) in [5.74, 6) is -0.371. The number of esters is 1. The molecule has 0 aromatic heterocycles. The van der Waals surface area contributed by atoms with Crippen LogP contribution in [0.2, 0.25) is 0 Å². The normalized spacial score (nSPS) is 19.7. The topological polar surface area (TPSA) is 52.4 Å². The van der Waals surface area contributed by atoms with E-state index in [0.29, 0.717) is 12.0 Å². The Morgan fingerprint density at radius 3 is 2.73 bits per heavy atom. The summed E-state index contributed by atoms with van der Waals surface area (Å²) in [6.07, 6.45) is 1.68. The van der Waals surface area contributed by atoms with E-state index in [1.807, 2.05) is 6.07 Å². The fourth-order valence-corrected chi connectivity index (χ4v) is 1.46. The minimum atomic E-state index is -0.371. The molecule has 0 amide bonds. The molecule has 4 nitrogen and oxygen atoms in total. The average molecular weight is 205 g/mol. The molecule has 0 bridgehead atoms. The third kappa shape index (κ3) is 2.34. The number of ether oxygens (including phenoxy) is 1. The van der Waals surface area contributed by atoms with Gasteiger partial charge < -0.3 is 9.94 Å². The van der Waals surface area contributed by atoms with Crippen molar-refractivity contribution in [3.63, 3.8) is 0 Å². The quantitative estimate of drug-likeness (QED) is 0.414. The second kappa shape index (κ2) is 4.13. The lowest BCUT2D eigenvalue weighted by atomic mass is 10.2. The van der Waals surface area contributed by atoms with Gasteiger partial charge in [-0.15, -0.1) is 0 Å². The van der Waals surface area contributed by atoms with Crippen molar-refractivity contribution in [1.29, 1.82) is 0 Å². The Kier molecular flexibility index (Phi) is 2.67. The van der Waals surface area contributed by atoms with Crippen LogP contribution in [0, 0.1) is 5.21 Å². The lowest BCUT2D eigenvalue weighted by molar-refractivity contribution is -0.451. The van der Waals surface area contributed by atoms with Crippen molar-refractivity contribution in [1.82, 2.24) is 0 Å². The van der Waals surface area contributed by atoms with Gasteiger partial charge in [-0.2, -0.15) is 0 Å². The molecule has 1 aliphatic rings. The maximum Gasteiger partial charge on any atom is 0.338 e. The smallest absolute Gasteiger partial charge is 0.338 e. The molecular weight excluding hydrogens is 194 g/mol. The van der Waals surface area contributed by atoms with E-state index >= 15 is 0 Å². The number of hydroxylamine groups is 1. The molecule has 0 aliphatic carbocycles. The van der Waals surface area contributed by atoms with Gasteiger partial charge in [0, 0.05) is 0 Å². The van der Waals surface area contributed by atoms with Crippen molar-refractivity contribution in [2.24, 2.45) is 0 Å². The Morgan fingerprint density at radius 2 is 2.13 bits per heavy atom. The Balaban J connectivity index is 1.94. The van der Waals surface area contributed by atoms with E-state index in [0.717, 1.165) is 4.74 Å². The monoisotopic (exact) mass is 205 g/mol. The van der Waals surface area contributed by atoms with E-state index in [1.54, 1.807) is 24.3 Å². The summed E-state index contributed by atoms with van der Waals surface area (Å²) < 4.78 is 5.95. The molecule has 1 aliphatic heterocycles. The first kappa shape index (κ1) is 9.71. The summed E-state index contributed by atoms with van der Waals surface area (Å²) in [7, 11) is 0. The van der Waals surface area contributed by atoms with Crippen molar-refractivity contribution in [3.8, 4) is 0 Å². The summed E-state index contributed by atoms with van der Waals surface area (Å²) >= 11 is 0. The molecule has 2 rings (SSSR count). The van der Waals surface area contributed by atoms with Crippen molar-refractivity contribution in [2.45, 2.75) is 12.5 Å². The Morgan fingerprint density at radius 1 is 1.40 bits per heavy atom. The zero-order valence-corrected chi connectivity index (χ0v) is 8.13.